The summed E-state index contributed by atoms with van der Waals surface area (Å²) in [6.07, 6.45) is 3.79. The summed E-state index contributed by atoms with van der Waals surface area (Å²) in [5, 5.41) is 0. The van der Waals surface area contributed by atoms with E-state index in [1.807, 2.05) is 30.3 Å². The highest BCUT2D eigenvalue weighted by Crippen LogP contribution is 2.43. The zero-order chi connectivity index (χ0) is 13.5. The quantitative estimate of drug-likeness (QED) is 0.910. The number of benzene rings is 1. The average Bonchev–Trinajstić information content (AvgIpc) is 3.10. The Morgan fingerprint density at radius 2 is 2.05 bits per heavy atom. The Morgan fingerprint density at radius 1 is 1.20 bits per heavy atom. The average molecular weight is 268 g/mol. The van der Waals surface area contributed by atoms with E-state index in [0.717, 1.165) is 36.3 Å². The number of aromatic nitrogens is 2. The first kappa shape index (κ1) is 11.9. The molecule has 0 amide bonds. The molecular formula is C16H16N2O2. The largest absolute Gasteiger partial charge is 0.374 e. The summed E-state index contributed by atoms with van der Waals surface area (Å²) < 4.78 is 5.86. The molecule has 0 radical (unpaired) electrons. The van der Waals surface area contributed by atoms with Gasteiger partial charge < -0.3 is 9.72 Å². The van der Waals surface area contributed by atoms with Gasteiger partial charge in [0.15, 0.2) is 0 Å². The molecular weight excluding hydrogens is 252 g/mol. The molecule has 2 bridgehead atoms. The lowest BCUT2D eigenvalue weighted by Gasteiger charge is -2.18. The molecule has 4 heteroatoms. The molecule has 2 fully saturated rings. The molecule has 20 heavy (non-hydrogen) atoms. The van der Waals surface area contributed by atoms with Gasteiger partial charge in [0, 0.05) is 17.5 Å². The standard InChI is InChI=1S/C16H16N2O2/c19-15-9-13(10-4-2-1-3-5-10)17-16(18-15)12-8-11-6-7-14(12)20-11/h1-5,9,11-12,14H,6-8H2,(H,17,18,19). The molecule has 2 saturated heterocycles. The van der Waals surface area contributed by atoms with Gasteiger partial charge in [-0.25, -0.2) is 4.98 Å². The van der Waals surface area contributed by atoms with Crippen LogP contribution in [0.25, 0.3) is 11.3 Å². The Hall–Kier alpha value is -1.94. The third-order valence-corrected chi connectivity index (χ3v) is 4.29. The number of ether oxygens (including phenoxy) is 1. The van der Waals surface area contributed by atoms with Crippen molar-refractivity contribution < 1.29 is 4.74 Å². The topological polar surface area (TPSA) is 55.0 Å². The first-order valence-corrected chi connectivity index (χ1v) is 7.12. The summed E-state index contributed by atoms with van der Waals surface area (Å²) in [4.78, 5) is 19.5. The molecule has 102 valence electrons. The van der Waals surface area contributed by atoms with Crippen molar-refractivity contribution in [2.45, 2.75) is 37.4 Å². The smallest absolute Gasteiger partial charge is 0.251 e. The van der Waals surface area contributed by atoms with E-state index in [1.165, 1.54) is 0 Å². The highest BCUT2D eigenvalue weighted by molar-refractivity contribution is 5.58. The third-order valence-electron chi connectivity index (χ3n) is 4.29. The molecule has 4 rings (SSSR count). The van der Waals surface area contributed by atoms with Crippen molar-refractivity contribution in [1.29, 1.82) is 0 Å². The van der Waals surface area contributed by atoms with Crippen LogP contribution in [0.3, 0.4) is 0 Å². The van der Waals surface area contributed by atoms with E-state index in [2.05, 4.69) is 9.97 Å². The molecule has 1 aromatic carbocycles. The first-order chi connectivity index (χ1) is 9.79. The van der Waals surface area contributed by atoms with Crippen LogP contribution in [0, 0.1) is 0 Å². The lowest BCUT2D eigenvalue weighted by atomic mass is 9.88. The summed E-state index contributed by atoms with van der Waals surface area (Å²) in [6.45, 7) is 0. The lowest BCUT2D eigenvalue weighted by molar-refractivity contribution is 0.0998. The van der Waals surface area contributed by atoms with Crippen molar-refractivity contribution in [3.05, 3.63) is 52.6 Å². The molecule has 3 heterocycles. The van der Waals surface area contributed by atoms with Crippen LogP contribution in [0.1, 0.15) is 31.0 Å². The van der Waals surface area contributed by atoms with E-state index in [-0.39, 0.29) is 17.6 Å². The van der Waals surface area contributed by atoms with Crippen molar-refractivity contribution in [2.24, 2.45) is 0 Å². The maximum absolute atomic E-state index is 11.9. The minimum absolute atomic E-state index is 0.0865. The second kappa shape index (κ2) is 4.56. The molecule has 0 aliphatic carbocycles. The molecule has 0 saturated carbocycles. The van der Waals surface area contributed by atoms with Crippen LogP contribution in [0.2, 0.25) is 0 Å². The number of fused-ring (bicyclic) bond motifs is 2. The second-order valence-corrected chi connectivity index (χ2v) is 5.60. The molecule has 2 aliphatic rings. The Balaban J connectivity index is 1.75. The number of nitrogens with one attached hydrogen (secondary N) is 1. The van der Waals surface area contributed by atoms with Crippen molar-refractivity contribution >= 4 is 0 Å². The van der Waals surface area contributed by atoms with Crippen LogP contribution < -0.4 is 5.56 Å². The van der Waals surface area contributed by atoms with Gasteiger partial charge in [-0.05, 0) is 19.3 Å². The summed E-state index contributed by atoms with van der Waals surface area (Å²) in [5.74, 6) is 1.02. The van der Waals surface area contributed by atoms with E-state index in [9.17, 15) is 4.79 Å². The van der Waals surface area contributed by atoms with Gasteiger partial charge in [0.25, 0.3) is 5.56 Å². The number of aromatic amines is 1. The van der Waals surface area contributed by atoms with Crippen molar-refractivity contribution in [2.75, 3.05) is 0 Å². The van der Waals surface area contributed by atoms with Gasteiger partial charge >= 0.3 is 0 Å². The van der Waals surface area contributed by atoms with Gasteiger partial charge in [0.2, 0.25) is 0 Å². The predicted molar refractivity (Wildman–Crippen MR) is 75.5 cm³/mol. The second-order valence-electron chi connectivity index (χ2n) is 5.60. The molecule has 1 N–H and O–H groups in total. The highest BCUT2D eigenvalue weighted by atomic mass is 16.5. The number of rotatable bonds is 2. The Bertz CT molecular complexity index is 680. The first-order valence-electron chi connectivity index (χ1n) is 7.12. The van der Waals surface area contributed by atoms with Crippen LogP contribution in [-0.2, 0) is 4.74 Å². The SMILES string of the molecule is O=c1cc(-c2ccccc2)nc(C2CC3CCC2O3)[nH]1. The minimum Gasteiger partial charge on any atom is -0.374 e. The fourth-order valence-electron chi connectivity index (χ4n) is 3.33. The number of H-pyrrole nitrogens is 1. The summed E-state index contributed by atoms with van der Waals surface area (Å²) >= 11 is 0. The van der Waals surface area contributed by atoms with Gasteiger partial charge in [-0.2, -0.15) is 0 Å². The lowest BCUT2D eigenvalue weighted by Crippen LogP contribution is -2.21. The predicted octanol–water partition coefficient (Wildman–Crippen LogP) is 2.47. The summed E-state index contributed by atoms with van der Waals surface area (Å²) in [5.41, 5.74) is 1.63. The van der Waals surface area contributed by atoms with Crippen LogP contribution in [-0.4, -0.2) is 22.2 Å². The van der Waals surface area contributed by atoms with Gasteiger partial charge in [0.05, 0.1) is 17.9 Å². The van der Waals surface area contributed by atoms with Gasteiger partial charge in [-0.15, -0.1) is 0 Å². The van der Waals surface area contributed by atoms with Gasteiger partial charge in [0.1, 0.15) is 5.82 Å². The van der Waals surface area contributed by atoms with Crippen LogP contribution in [0.15, 0.2) is 41.2 Å². The number of nitrogens with zero attached hydrogens (tertiary/aromatic N) is 1. The zero-order valence-electron chi connectivity index (χ0n) is 11.1. The van der Waals surface area contributed by atoms with Gasteiger partial charge in [-0.1, -0.05) is 30.3 Å². The molecule has 2 aliphatic heterocycles. The van der Waals surface area contributed by atoms with E-state index in [1.54, 1.807) is 6.07 Å². The third kappa shape index (κ3) is 1.96. The Morgan fingerprint density at radius 3 is 2.75 bits per heavy atom. The van der Waals surface area contributed by atoms with E-state index in [4.69, 9.17) is 4.74 Å². The molecule has 4 nitrogen and oxygen atoms in total. The fraction of sp³-hybridized carbons (Fsp3) is 0.375. The zero-order valence-corrected chi connectivity index (χ0v) is 11.1. The molecule has 0 spiro atoms. The van der Waals surface area contributed by atoms with Crippen LogP contribution in [0.5, 0.6) is 0 Å². The molecule has 3 unspecified atom stereocenters. The molecule has 1 aromatic heterocycles. The summed E-state index contributed by atoms with van der Waals surface area (Å²) in [7, 11) is 0. The maximum Gasteiger partial charge on any atom is 0.251 e. The summed E-state index contributed by atoms with van der Waals surface area (Å²) in [6, 6.07) is 11.4. The van der Waals surface area contributed by atoms with E-state index < -0.39 is 0 Å². The van der Waals surface area contributed by atoms with Crippen molar-refractivity contribution in [3.8, 4) is 11.3 Å². The molecule has 2 aromatic rings. The Kier molecular flexibility index (Phi) is 2.70. The maximum atomic E-state index is 11.9. The van der Waals surface area contributed by atoms with Crippen molar-refractivity contribution in [3.63, 3.8) is 0 Å². The van der Waals surface area contributed by atoms with Crippen LogP contribution >= 0.6 is 0 Å². The number of hydrogen-bond donors (Lipinski definition) is 1. The van der Waals surface area contributed by atoms with Crippen molar-refractivity contribution in [1.82, 2.24) is 9.97 Å². The Labute approximate surface area is 116 Å². The highest BCUT2D eigenvalue weighted by Gasteiger charge is 2.42. The van der Waals surface area contributed by atoms with E-state index in [0.29, 0.717) is 6.10 Å². The van der Waals surface area contributed by atoms with E-state index >= 15 is 0 Å². The number of hydrogen-bond acceptors (Lipinski definition) is 3. The monoisotopic (exact) mass is 268 g/mol. The van der Waals surface area contributed by atoms with Crippen LogP contribution in [0.4, 0.5) is 0 Å². The minimum atomic E-state index is -0.0865. The molecule has 3 atom stereocenters. The fourth-order valence-corrected chi connectivity index (χ4v) is 3.33. The van der Waals surface area contributed by atoms with Gasteiger partial charge in [-0.3, -0.25) is 4.79 Å². The normalized spacial score (nSPS) is 27.9.